The van der Waals surface area contributed by atoms with Crippen LogP contribution in [0.15, 0.2) is 24.3 Å². The van der Waals surface area contributed by atoms with Crippen LogP contribution in [-0.4, -0.2) is 68.5 Å². The van der Waals surface area contributed by atoms with Crippen molar-refractivity contribution in [1.82, 2.24) is 0 Å². The molecule has 1 saturated carbocycles. The quantitative estimate of drug-likeness (QED) is 0.267. The molecule has 0 bridgehead atoms. The minimum absolute atomic E-state index is 0.314. The molecule has 1 aliphatic carbocycles. The topological polar surface area (TPSA) is 154 Å². The van der Waals surface area contributed by atoms with Crippen LogP contribution in [0.25, 0.3) is 6.08 Å². The fourth-order valence-corrected chi connectivity index (χ4v) is 2.72. The van der Waals surface area contributed by atoms with Crippen LogP contribution >= 0.6 is 0 Å². The van der Waals surface area contributed by atoms with Gasteiger partial charge in [-0.25, -0.2) is 9.59 Å². The Balaban J connectivity index is 2.07. The fraction of sp³-hybridized carbons (Fsp3) is 0.412. The highest BCUT2D eigenvalue weighted by molar-refractivity contribution is 5.87. The molecule has 0 amide bonds. The van der Waals surface area contributed by atoms with Crippen molar-refractivity contribution in [1.29, 1.82) is 0 Å². The Morgan fingerprint density at radius 1 is 1.19 bits per heavy atom. The number of phenols is 2. The van der Waals surface area contributed by atoms with Gasteiger partial charge in [-0.15, -0.1) is 0 Å². The SMILES string of the molecule is COC(=O)C1(O)CC(O)C(O)C(OC(=O)/C=C/c2ccc(O)c(O)c2)C1. The zero-order chi connectivity index (χ0) is 19.5. The van der Waals surface area contributed by atoms with E-state index in [2.05, 4.69) is 4.74 Å². The number of carbonyl (C=O) groups is 2. The molecular formula is C17H20O9. The highest BCUT2D eigenvalue weighted by Gasteiger charge is 2.50. The van der Waals surface area contributed by atoms with E-state index in [4.69, 9.17) is 4.74 Å². The van der Waals surface area contributed by atoms with Crippen molar-refractivity contribution >= 4 is 18.0 Å². The molecule has 26 heavy (non-hydrogen) atoms. The van der Waals surface area contributed by atoms with Crippen LogP contribution in [-0.2, 0) is 19.1 Å². The molecule has 0 heterocycles. The lowest BCUT2D eigenvalue weighted by Gasteiger charge is -2.39. The number of carbonyl (C=O) groups excluding carboxylic acids is 2. The Kier molecular flexibility index (Phi) is 5.86. The minimum atomic E-state index is -2.08. The number of rotatable bonds is 4. The first-order valence-corrected chi connectivity index (χ1v) is 7.74. The second-order valence-electron chi connectivity index (χ2n) is 6.05. The molecule has 0 radical (unpaired) electrons. The van der Waals surface area contributed by atoms with Crippen LogP contribution in [0.3, 0.4) is 0 Å². The number of hydrogen-bond donors (Lipinski definition) is 5. The van der Waals surface area contributed by atoms with Crippen LogP contribution in [0.5, 0.6) is 11.5 Å². The Hall–Kier alpha value is -2.62. The number of ether oxygens (including phenoxy) is 2. The molecule has 9 nitrogen and oxygen atoms in total. The molecule has 4 atom stereocenters. The second kappa shape index (κ2) is 7.73. The van der Waals surface area contributed by atoms with Crippen molar-refractivity contribution in [2.24, 2.45) is 0 Å². The highest BCUT2D eigenvalue weighted by Crippen LogP contribution is 2.32. The normalized spacial score (nSPS) is 28.7. The number of methoxy groups -OCH3 is 1. The average Bonchev–Trinajstić information content (AvgIpc) is 2.59. The molecule has 9 heteroatoms. The van der Waals surface area contributed by atoms with E-state index in [1.807, 2.05) is 0 Å². The summed E-state index contributed by atoms with van der Waals surface area (Å²) in [5.74, 6) is -2.58. The lowest BCUT2D eigenvalue weighted by Crippen LogP contribution is -2.57. The van der Waals surface area contributed by atoms with Crippen LogP contribution in [0.2, 0.25) is 0 Å². The molecular weight excluding hydrogens is 348 g/mol. The molecule has 2 rings (SSSR count). The third-order valence-electron chi connectivity index (χ3n) is 4.11. The molecule has 0 saturated heterocycles. The number of esters is 2. The van der Waals surface area contributed by atoms with Gasteiger partial charge in [-0.05, 0) is 23.8 Å². The van der Waals surface area contributed by atoms with Crippen molar-refractivity contribution in [2.75, 3.05) is 7.11 Å². The van der Waals surface area contributed by atoms with Crippen LogP contribution in [0, 0.1) is 0 Å². The minimum Gasteiger partial charge on any atom is -0.504 e. The largest absolute Gasteiger partial charge is 0.504 e. The van der Waals surface area contributed by atoms with Gasteiger partial charge in [0, 0.05) is 18.9 Å². The Labute approximate surface area is 148 Å². The van der Waals surface area contributed by atoms with Gasteiger partial charge in [-0.3, -0.25) is 0 Å². The number of phenolic OH excluding ortho intramolecular Hbond substituents is 2. The summed E-state index contributed by atoms with van der Waals surface area (Å²) in [5, 5.41) is 48.7. The van der Waals surface area contributed by atoms with Gasteiger partial charge < -0.3 is 35.0 Å². The first-order valence-electron chi connectivity index (χ1n) is 7.74. The van der Waals surface area contributed by atoms with Gasteiger partial charge in [0.1, 0.15) is 12.2 Å². The van der Waals surface area contributed by atoms with Crippen molar-refractivity contribution < 1.29 is 44.6 Å². The van der Waals surface area contributed by atoms with Gasteiger partial charge in [-0.2, -0.15) is 0 Å². The average molecular weight is 368 g/mol. The molecule has 5 N–H and O–H groups in total. The monoisotopic (exact) mass is 368 g/mol. The summed E-state index contributed by atoms with van der Waals surface area (Å²) >= 11 is 0. The van der Waals surface area contributed by atoms with Gasteiger partial charge in [0.25, 0.3) is 0 Å². The zero-order valence-corrected chi connectivity index (χ0v) is 13.9. The van der Waals surface area contributed by atoms with E-state index in [1.54, 1.807) is 0 Å². The molecule has 0 aliphatic heterocycles. The van der Waals surface area contributed by atoms with E-state index >= 15 is 0 Å². The first kappa shape index (κ1) is 19.7. The summed E-state index contributed by atoms with van der Waals surface area (Å²) in [4.78, 5) is 23.6. The van der Waals surface area contributed by atoms with Gasteiger partial charge >= 0.3 is 11.9 Å². The van der Waals surface area contributed by atoms with Gasteiger partial charge in [0.2, 0.25) is 0 Å². The van der Waals surface area contributed by atoms with Crippen molar-refractivity contribution in [3.05, 3.63) is 29.8 Å². The molecule has 4 unspecified atom stereocenters. The summed E-state index contributed by atoms with van der Waals surface area (Å²) in [6.07, 6.45) is -2.88. The van der Waals surface area contributed by atoms with Crippen molar-refractivity contribution in [2.45, 2.75) is 36.8 Å². The van der Waals surface area contributed by atoms with Gasteiger partial charge in [-0.1, -0.05) is 6.07 Å². The number of aliphatic hydroxyl groups is 3. The van der Waals surface area contributed by atoms with Gasteiger partial charge in [0.05, 0.1) is 13.2 Å². The molecule has 0 aromatic heterocycles. The van der Waals surface area contributed by atoms with Gasteiger partial charge in [0.15, 0.2) is 17.1 Å². The summed E-state index contributed by atoms with van der Waals surface area (Å²) < 4.78 is 9.50. The van der Waals surface area contributed by atoms with E-state index in [9.17, 15) is 35.1 Å². The predicted octanol–water partition coefficient (Wildman–Crippen LogP) is -0.558. The maximum atomic E-state index is 11.9. The predicted molar refractivity (Wildman–Crippen MR) is 86.9 cm³/mol. The standard InChI is InChI=1S/C17H20O9/c1-25-16(23)17(24)7-12(20)15(22)13(8-17)26-14(21)5-3-9-2-4-10(18)11(19)6-9/h2-6,12-13,15,18-20,22,24H,7-8H2,1H3/b5-3+. The van der Waals surface area contributed by atoms with E-state index in [0.717, 1.165) is 13.2 Å². The second-order valence-corrected chi connectivity index (χ2v) is 6.05. The molecule has 0 spiro atoms. The smallest absolute Gasteiger partial charge is 0.338 e. The van der Waals surface area contributed by atoms with Crippen LogP contribution in [0.1, 0.15) is 18.4 Å². The Morgan fingerprint density at radius 2 is 1.88 bits per heavy atom. The van der Waals surface area contributed by atoms with Crippen molar-refractivity contribution in [3.8, 4) is 11.5 Å². The lowest BCUT2D eigenvalue weighted by molar-refractivity contribution is -0.198. The van der Waals surface area contributed by atoms with E-state index in [-0.39, 0.29) is 11.5 Å². The molecule has 1 aliphatic rings. The fourth-order valence-electron chi connectivity index (χ4n) is 2.72. The van der Waals surface area contributed by atoms with E-state index < -0.39 is 48.7 Å². The van der Waals surface area contributed by atoms with E-state index in [0.29, 0.717) is 5.56 Å². The van der Waals surface area contributed by atoms with E-state index in [1.165, 1.54) is 24.3 Å². The van der Waals surface area contributed by atoms with Crippen molar-refractivity contribution in [3.63, 3.8) is 0 Å². The summed E-state index contributed by atoms with van der Waals surface area (Å²) in [7, 11) is 1.06. The third kappa shape index (κ3) is 4.31. The van der Waals surface area contributed by atoms with Crippen LogP contribution in [0.4, 0.5) is 0 Å². The molecule has 1 aromatic rings. The number of benzene rings is 1. The highest BCUT2D eigenvalue weighted by atomic mass is 16.6. The Morgan fingerprint density at radius 3 is 2.50 bits per heavy atom. The molecule has 1 aromatic carbocycles. The third-order valence-corrected chi connectivity index (χ3v) is 4.11. The lowest BCUT2D eigenvalue weighted by atomic mass is 9.79. The number of aliphatic hydroxyl groups excluding tert-OH is 2. The summed E-state index contributed by atoms with van der Waals surface area (Å²) in [6, 6.07) is 3.89. The first-order chi connectivity index (χ1) is 12.2. The summed E-state index contributed by atoms with van der Waals surface area (Å²) in [5.41, 5.74) is -1.68. The number of hydrogen-bond acceptors (Lipinski definition) is 9. The Bertz CT molecular complexity index is 714. The maximum Gasteiger partial charge on any atom is 0.338 e. The van der Waals surface area contributed by atoms with Crippen LogP contribution < -0.4 is 0 Å². The summed E-state index contributed by atoms with van der Waals surface area (Å²) in [6.45, 7) is 0. The number of aromatic hydroxyl groups is 2. The molecule has 142 valence electrons. The maximum absolute atomic E-state index is 11.9. The molecule has 1 fully saturated rings. The zero-order valence-electron chi connectivity index (χ0n) is 13.9.